The van der Waals surface area contributed by atoms with Crippen molar-refractivity contribution in [3.63, 3.8) is 0 Å². The third kappa shape index (κ3) is 4.61. The number of halogens is 2. The van der Waals surface area contributed by atoms with E-state index in [1.165, 1.54) is 6.08 Å². The van der Waals surface area contributed by atoms with Crippen LogP contribution < -0.4 is 14.8 Å². The normalized spacial score (nSPS) is 19.8. The van der Waals surface area contributed by atoms with Gasteiger partial charge in [-0.05, 0) is 56.9 Å². The van der Waals surface area contributed by atoms with Crippen LogP contribution in [0.15, 0.2) is 81.3 Å². The molecule has 7 heteroatoms. The van der Waals surface area contributed by atoms with E-state index in [1.54, 1.807) is 26.4 Å². The number of methoxy groups -OCH3 is 2. The Morgan fingerprint density at radius 3 is 2.52 bits per heavy atom. The number of ketones is 1. The molecule has 4 rings (SSSR count). The molecular formula is C26H21Br2NO4. The Balaban J connectivity index is 1.79. The van der Waals surface area contributed by atoms with Crippen molar-refractivity contribution >= 4 is 55.2 Å². The molecule has 1 aliphatic heterocycles. The van der Waals surface area contributed by atoms with Crippen molar-refractivity contribution in [1.82, 2.24) is 5.32 Å². The molecule has 1 amide bonds. The molecule has 2 aromatic rings. The van der Waals surface area contributed by atoms with Crippen molar-refractivity contribution < 1.29 is 19.1 Å². The number of benzene rings is 2. The van der Waals surface area contributed by atoms with E-state index in [9.17, 15) is 9.59 Å². The molecule has 0 bridgehead atoms. The van der Waals surface area contributed by atoms with Gasteiger partial charge in [0.15, 0.2) is 17.3 Å². The van der Waals surface area contributed by atoms with Gasteiger partial charge in [-0.2, -0.15) is 0 Å². The maximum Gasteiger partial charge on any atom is 0.256 e. The van der Waals surface area contributed by atoms with Gasteiger partial charge in [-0.1, -0.05) is 64.5 Å². The summed E-state index contributed by atoms with van der Waals surface area (Å²) >= 11 is 7.04. The Bertz CT molecular complexity index is 1230. The highest BCUT2D eigenvalue weighted by Crippen LogP contribution is 2.40. The van der Waals surface area contributed by atoms with E-state index in [0.29, 0.717) is 21.5 Å². The lowest BCUT2D eigenvalue weighted by molar-refractivity contribution is -0.121. The summed E-state index contributed by atoms with van der Waals surface area (Å²) in [5, 5.41) is 2.96. The Morgan fingerprint density at radius 1 is 1.06 bits per heavy atom. The molecule has 0 radical (unpaired) electrons. The summed E-state index contributed by atoms with van der Waals surface area (Å²) in [6, 6.07) is 12.9. The first-order valence-corrected chi connectivity index (χ1v) is 11.8. The molecule has 0 saturated heterocycles. The van der Waals surface area contributed by atoms with Crippen molar-refractivity contribution in [2.24, 2.45) is 5.92 Å². The third-order valence-corrected chi connectivity index (χ3v) is 6.92. The Kier molecular flexibility index (Phi) is 7.00. The van der Waals surface area contributed by atoms with Gasteiger partial charge in [-0.15, -0.1) is 0 Å². The predicted octanol–water partition coefficient (Wildman–Crippen LogP) is 5.47. The molecule has 0 saturated carbocycles. The number of rotatable bonds is 6. The highest BCUT2D eigenvalue weighted by atomic mass is 79.9. The second-order valence-corrected chi connectivity index (χ2v) is 9.20. The standard InChI is InChI=1S/C26H21Br2NO4/c1-32-21-13-9-16(24(28)25(21)33-2)8-12-20(30)23-22(15-6-4-3-5-7-15)18-14-17(27)10-11-19(18)29-26(23)31/h3-14,18-19H,1-2H3,(H,29,31)/b12-8+. The van der Waals surface area contributed by atoms with Crippen LogP contribution in [0.3, 0.4) is 0 Å². The van der Waals surface area contributed by atoms with Crippen LogP contribution >= 0.6 is 31.9 Å². The summed E-state index contributed by atoms with van der Waals surface area (Å²) in [5.41, 5.74) is 2.42. The second-order valence-electron chi connectivity index (χ2n) is 7.49. The summed E-state index contributed by atoms with van der Waals surface area (Å²) < 4.78 is 12.3. The van der Waals surface area contributed by atoms with Gasteiger partial charge in [0.1, 0.15) is 0 Å². The molecule has 0 aromatic heterocycles. The second kappa shape index (κ2) is 9.93. The van der Waals surface area contributed by atoms with Crippen LogP contribution in [0.5, 0.6) is 11.5 Å². The topological polar surface area (TPSA) is 64.6 Å². The molecule has 2 aromatic carbocycles. The van der Waals surface area contributed by atoms with Crippen LogP contribution in [0.1, 0.15) is 11.1 Å². The van der Waals surface area contributed by atoms with E-state index in [0.717, 1.165) is 15.6 Å². The molecule has 1 heterocycles. The van der Waals surface area contributed by atoms with E-state index < -0.39 is 0 Å². The molecule has 33 heavy (non-hydrogen) atoms. The lowest BCUT2D eigenvalue weighted by Crippen LogP contribution is -2.46. The Morgan fingerprint density at radius 2 is 1.82 bits per heavy atom. The number of hydrogen-bond acceptors (Lipinski definition) is 4. The van der Waals surface area contributed by atoms with Gasteiger partial charge < -0.3 is 14.8 Å². The van der Waals surface area contributed by atoms with Crippen LogP contribution in [0.2, 0.25) is 0 Å². The zero-order valence-corrected chi connectivity index (χ0v) is 21.1. The number of carbonyl (C=O) groups excluding carboxylic acids is 2. The minimum atomic E-state index is -0.382. The fourth-order valence-electron chi connectivity index (χ4n) is 4.04. The maximum atomic E-state index is 13.4. The predicted molar refractivity (Wildman–Crippen MR) is 136 cm³/mol. The lowest BCUT2D eigenvalue weighted by Gasteiger charge is -2.34. The van der Waals surface area contributed by atoms with Gasteiger partial charge in [0, 0.05) is 10.4 Å². The SMILES string of the molecule is COc1ccc(/C=C/C(=O)C2=C(c3ccccc3)C3C=C(Br)C=CC3NC2=O)c(Br)c1OC. The van der Waals surface area contributed by atoms with Gasteiger partial charge in [0.25, 0.3) is 5.91 Å². The molecular weight excluding hydrogens is 550 g/mol. The van der Waals surface area contributed by atoms with Gasteiger partial charge in [0.05, 0.1) is 30.3 Å². The summed E-state index contributed by atoms with van der Waals surface area (Å²) in [7, 11) is 3.11. The van der Waals surface area contributed by atoms with Crippen molar-refractivity contribution in [2.75, 3.05) is 14.2 Å². The number of fused-ring (bicyclic) bond motifs is 1. The molecule has 168 valence electrons. The van der Waals surface area contributed by atoms with Gasteiger partial charge in [0.2, 0.25) is 0 Å². The van der Waals surface area contributed by atoms with Crippen molar-refractivity contribution in [1.29, 1.82) is 0 Å². The zero-order chi connectivity index (χ0) is 23.5. The van der Waals surface area contributed by atoms with E-state index >= 15 is 0 Å². The summed E-state index contributed by atoms with van der Waals surface area (Å²) in [6.07, 6.45) is 8.95. The smallest absolute Gasteiger partial charge is 0.256 e. The lowest BCUT2D eigenvalue weighted by atomic mass is 9.77. The summed E-state index contributed by atoms with van der Waals surface area (Å²) in [5.74, 6) is 0.184. The highest BCUT2D eigenvalue weighted by Gasteiger charge is 2.37. The number of carbonyl (C=O) groups is 2. The van der Waals surface area contributed by atoms with Gasteiger partial charge >= 0.3 is 0 Å². The molecule has 2 unspecified atom stereocenters. The van der Waals surface area contributed by atoms with Crippen LogP contribution in [0, 0.1) is 5.92 Å². The van der Waals surface area contributed by atoms with Crippen LogP contribution in [-0.4, -0.2) is 32.0 Å². The number of amides is 1. The molecule has 0 spiro atoms. The Labute approximate surface area is 209 Å². The van der Waals surface area contributed by atoms with Crippen molar-refractivity contribution in [3.05, 3.63) is 92.4 Å². The number of nitrogens with one attached hydrogen (secondary N) is 1. The van der Waals surface area contributed by atoms with Crippen molar-refractivity contribution in [2.45, 2.75) is 6.04 Å². The van der Waals surface area contributed by atoms with E-state index in [1.807, 2.05) is 54.6 Å². The van der Waals surface area contributed by atoms with Crippen LogP contribution in [0.4, 0.5) is 0 Å². The maximum absolute atomic E-state index is 13.4. The largest absolute Gasteiger partial charge is 0.493 e. The third-order valence-electron chi connectivity index (χ3n) is 5.58. The number of hydrogen-bond donors (Lipinski definition) is 1. The molecule has 1 N–H and O–H groups in total. The molecule has 2 atom stereocenters. The molecule has 0 fully saturated rings. The first kappa shape index (κ1) is 23.3. The first-order chi connectivity index (χ1) is 15.9. The number of ether oxygens (including phenoxy) is 2. The molecule has 5 nitrogen and oxygen atoms in total. The summed E-state index contributed by atoms with van der Waals surface area (Å²) in [6.45, 7) is 0. The fraction of sp³-hybridized carbons (Fsp3) is 0.154. The number of allylic oxidation sites excluding steroid dienone is 3. The van der Waals surface area contributed by atoms with E-state index in [2.05, 4.69) is 37.2 Å². The van der Waals surface area contributed by atoms with Gasteiger partial charge in [-0.25, -0.2) is 0 Å². The summed E-state index contributed by atoms with van der Waals surface area (Å²) in [4.78, 5) is 26.5. The van der Waals surface area contributed by atoms with Crippen LogP contribution in [-0.2, 0) is 9.59 Å². The van der Waals surface area contributed by atoms with Gasteiger partial charge in [-0.3, -0.25) is 9.59 Å². The van der Waals surface area contributed by atoms with E-state index in [-0.39, 0.29) is 29.2 Å². The van der Waals surface area contributed by atoms with Crippen molar-refractivity contribution in [3.8, 4) is 11.5 Å². The first-order valence-electron chi connectivity index (χ1n) is 10.2. The quantitative estimate of drug-likeness (QED) is 0.370. The Hall–Kier alpha value is -2.90. The minimum Gasteiger partial charge on any atom is -0.493 e. The average molecular weight is 571 g/mol. The molecule has 1 aliphatic carbocycles. The fourth-order valence-corrected chi connectivity index (χ4v) is 5.10. The van der Waals surface area contributed by atoms with E-state index in [4.69, 9.17) is 9.47 Å². The minimum absolute atomic E-state index is 0.141. The highest BCUT2D eigenvalue weighted by molar-refractivity contribution is 9.12. The zero-order valence-electron chi connectivity index (χ0n) is 18.0. The average Bonchev–Trinajstić information content (AvgIpc) is 2.82. The van der Waals surface area contributed by atoms with Crippen LogP contribution in [0.25, 0.3) is 11.6 Å². The monoisotopic (exact) mass is 569 g/mol. The molecule has 2 aliphatic rings.